The van der Waals surface area contributed by atoms with E-state index in [4.69, 9.17) is 4.74 Å². The average molecular weight is 383 g/mol. The first-order valence-electron chi connectivity index (χ1n) is 9.36. The molecule has 1 aromatic heterocycles. The third-order valence-electron chi connectivity index (χ3n) is 4.52. The highest BCUT2D eigenvalue weighted by molar-refractivity contribution is 5.89. The van der Waals surface area contributed by atoms with Gasteiger partial charge in [0, 0.05) is 50.6 Å². The van der Waals surface area contributed by atoms with Crippen molar-refractivity contribution in [2.75, 3.05) is 43.0 Å². The Morgan fingerprint density at radius 3 is 2.39 bits per heavy atom. The van der Waals surface area contributed by atoms with Gasteiger partial charge in [-0.3, -0.25) is 4.79 Å². The Bertz CT molecular complexity index is 845. The molecule has 1 amide bonds. The van der Waals surface area contributed by atoms with E-state index >= 15 is 0 Å². The predicted molar refractivity (Wildman–Crippen MR) is 107 cm³/mol. The Labute approximate surface area is 164 Å². The van der Waals surface area contributed by atoms with Crippen LogP contribution in [0.2, 0.25) is 0 Å². The summed E-state index contributed by atoms with van der Waals surface area (Å²) >= 11 is 0. The maximum absolute atomic E-state index is 11.8. The summed E-state index contributed by atoms with van der Waals surface area (Å²) in [6, 6.07) is 8.94. The van der Waals surface area contributed by atoms with Crippen LogP contribution < -0.4 is 10.2 Å². The molecule has 8 nitrogen and oxygen atoms in total. The lowest BCUT2D eigenvalue weighted by atomic mass is 10.2. The number of carbonyl (C=O) groups is 2. The number of amides is 1. The van der Waals surface area contributed by atoms with Crippen molar-refractivity contribution in [1.82, 2.24) is 14.9 Å². The molecule has 0 atom stereocenters. The molecule has 148 valence electrons. The van der Waals surface area contributed by atoms with Gasteiger partial charge in [0.1, 0.15) is 5.82 Å². The first-order chi connectivity index (χ1) is 13.5. The molecule has 0 spiro atoms. The van der Waals surface area contributed by atoms with Crippen molar-refractivity contribution in [1.29, 1.82) is 0 Å². The average Bonchev–Trinajstić information content (AvgIpc) is 2.68. The molecule has 2 heterocycles. The van der Waals surface area contributed by atoms with Gasteiger partial charge in [-0.15, -0.1) is 0 Å². The molecule has 0 aliphatic carbocycles. The van der Waals surface area contributed by atoms with E-state index in [2.05, 4.69) is 20.2 Å². The number of benzene rings is 1. The van der Waals surface area contributed by atoms with Crippen molar-refractivity contribution in [3.63, 3.8) is 0 Å². The van der Waals surface area contributed by atoms with Gasteiger partial charge in [-0.25, -0.2) is 9.78 Å². The maximum Gasteiger partial charge on any atom is 0.338 e. The molecule has 1 fully saturated rings. The van der Waals surface area contributed by atoms with Gasteiger partial charge in [0.2, 0.25) is 11.9 Å². The third-order valence-corrected chi connectivity index (χ3v) is 4.52. The SMILES string of the molecule is CCOC(=O)c1ccc(Nc2cc(C)nc(N3CCN(C(C)=O)CC3)n2)cc1. The minimum Gasteiger partial charge on any atom is -0.462 e. The molecule has 1 N–H and O–H groups in total. The number of esters is 1. The number of carbonyl (C=O) groups excluding carboxylic acids is 2. The second-order valence-corrected chi connectivity index (χ2v) is 6.61. The Hall–Kier alpha value is -3.16. The summed E-state index contributed by atoms with van der Waals surface area (Å²) in [6.45, 7) is 8.40. The largest absolute Gasteiger partial charge is 0.462 e. The number of rotatable bonds is 5. The van der Waals surface area contributed by atoms with Crippen LogP contribution in [0.1, 0.15) is 29.9 Å². The first-order valence-corrected chi connectivity index (χ1v) is 9.36. The molecule has 0 radical (unpaired) electrons. The Kier molecular flexibility index (Phi) is 6.08. The molecule has 2 aromatic rings. The van der Waals surface area contributed by atoms with Gasteiger partial charge in [0.25, 0.3) is 0 Å². The smallest absolute Gasteiger partial charge is 0.338 e. The Morgan fingerprint density at radius 2 is 1.79 bits per heavy atom. The second-order valence-electron chi connectivity index (χ2n) is 6.61. The summed E-state index contributed by atoms with van der Waals surface area (Å²) in [5, 5.41) is 3.25. The van der Waals surface area contributed by atoms with Crippen LogP contribution in [0.4, 0.5) is 17.5 Å². The quantitative estimate of drug-likeness (QED) is 0.793. The van der Waals surface area contributed by atoms with Crippen LogP contribution in [0.15, 0.2) is 30.3 Å². The van der Waals surface area contributed by atoms with Gasteiger partial charge in [0.15, 0.2) is 0 Å². The van der Waals surface area contributed by atoms with Crippen molar-refractivity contribution >= 4 is 29.3 Å². The standard InChI is InChI=1S/C20H25N5O3/c1-4-28-19(27)16-5-7-17(8-6-16)22-18-13-14(2)21-20(23-18)25-11-9-24(10-12-25)15(3)26/h5-8,13H,4,9-12H2,1-3H3,(H,21,22,23). The Balaban J connectivity index is 1.70. The fourth-order valence-corrected chi connectivity index (χ4v) is 3.03. The van der Waals surface area contributed by atoms with E-state index in [1.807, 2.05) is 30.0 Å². The normalized spacial score (nSPS) is 14.0. The van der Waals surface area contributed by atoms with E-state index in [-0.39, 0.29) is 11.9 Å². The van der Waals surface area contributed by atoms with E-state index < -0.39 is 0 Å². The number of aryl methyl sites for hydroxylation is 1. The van der Waals surface area contributed by atoms with Crippen LogP contribution in [0.25, 0.3) is 0 Å². The molecule has 1 aliphatic rings. The summed E-state index contributed by atoms with van der Waals surface area (Å²) in [5.41, 5.74) is 2.18. The number of ether oxygens (including phenoxy) is 1. The zero-order valence-electron chi connectivity index (χ0n) is 16.4. The highest BCUT2D eigenvalue weighted by Gasteiger charge is 2.21. The van der Waals surface area contributed by atoms with Crippen molar-refractivity contribution < 1.29 is 14.3 Å². The number of anilines is 3. The molecule has 28 heavy (non-hydrogen) atoms. The third kappa shape index (κ3) is 4.76. The van der Waals surface area contributed by atoms with E-state index in [1.165, 1.54) is 0 Å². The molecule has 1 aliphatic heterocycles. The van der Waals surface area contributed by atoms with Gasteiger partial charge >= 0.3 is 5.97 Å². The van der Waals surface area contributed by atoms with Crippen molar-refractivity contribution in [3.05, 3.63) is 41.6 Å². The van der Waals surface area contributed by atoms with Gasteiger partial charge in [-0.1, -0.05) is 0 Å². The van der Waals surface area contributed by atoms with Gasteiger partial charge in [-0.2, -0.15) is 4.98 Å². The van der Waals surface area contributed by atoms with E-state index in [9.17, 15) is 9.59 Å². The minimum absolute atomic E-state index is 0.0958. The highest BCUT2D eigenvalue weighted by Crippen LogP contribution is 2.20. The van der Waals surface area contributed by atoms with Gasteiger partial charge in [-0.05, 0) is 38.1 Å². The van der Waals surface area contributed by atoms with Crippen molar-refractivity contribution in [3.8, 4) is 0 Å². The lowest BCUT2D eigenvalue weighted by Crippen LogP contribution is -2.48. The summed E-state index contributed by atoms with van der Waals surface area (Å²) in [4.78, 5) is 36.3. The van der Waals surface area contributed by atoms with E-state index in [1.54, 1.807) is 26.0 Å². The minimum atomic E-state index is -0.334. The predicted octanol–water partition coefficient (Wildman–Crippen LogP) is 2.37. The highest BCUT2D eigenvalue weighted by atomic mass is 16.5. The molecular formula is C20H25N5O3. The molecule has 3 rings (SSSR count). The summed E-state index contributed by atoms with van der Waals surface area (Å²) < 4.78 is 5.00. The molecule has 1 saturated heterocycles. The van der Waals surface area contributed by atoms with Crippen LogP contribution in [0.3, 0.4) is 0 Å². The summed E-state index contributed by atoms with van der Waals surface area (Å²) in [7, 11) is 0. The van der Waals surface area contributed by atoms with Crippen LogP contribution in [-0.2, 0) is 9.53 Å². The lowest BCUT2D eigenvalue weighted by molar-refractivity contribution is -0.129. The summed E-state index contributed by atoms with van der Waals surface area (Å²) in [6.07, 6.45) is 0. The van der Waals surface area contributed by atoms with Gasteiger partial charge in [0.05, 0.1) is 12.2 Å². The number of hydrogen-bond acceptors (Lipinski definition) is 7. The molecule has 1 aromatic carbocycles. The van der Waals surface area contributed by atoms with Crippen LogP contribution in [-0.4, -0.2) is 59.5 Å². The number of piperazine rings is 1. The molecule has 0 saturated carbocycles. The van der Waals surface area contributed by atoms with Crippen LogP contribution in [0.5, 0.6) is 0 Å². The first kappa shape index (κ1) is 19.6. The Morgan fingerprint density at radius 1 is 1.11 bits per heavy atom. The molecule has 0 bridgehead atoms. The lowest BCUT2D eigenvalue weighted by Gasteiger charge is -2.34. The van der Waals surface area contributed by atoms with E-state index in [0.717, 1.165) is 11.4 Å². The fourth-order valence-electron chi connectivity index (χ4n) is 3.03. The zero-order chi connectivity index (χ0) is 20.1. The number of nitrogens with one attached hydrogen (secondary N) is 1. The molecule has 8 heteroatoms. The van der Waals surface area contributed by atoms with Crippen molar-refractivity contribution in [2.24, 2.45) is 0 Å². The second kappa shape index (κ2) is 8.69. The molecular weight excluding hydrogens is 358 g/mol. The summed E-state index contributed by atoms with van der Waals surface area (Å²) in [5.74, 6) is 1.09. The number of nitrogens with zero attached hydrogens (tertiary/aromatic N) is 4. The van der Waals surface area contributed by atoms with E-state index in [0.29, 0.717) is 50.1 Å². The number of hydrogen-bond donors (Lipinski definition) is 1. The van der Waals surface area contributed by atoms with Crippen molar-refractivity contribution in [2.45, 2.75) is 20.8 Å². The monoisotopic (exact) mass is 383 g/mol. The van der Waals surface area contributed by atoms with Crippen LogP contribution in [0, 0.1) is 6.92 Å². The van der Waals surface area contributed by atoms with Crippen LogP contribution >= 0.6 is 0 Å². The van der Waals surface area contributed by atoms with Gasteiger partial charge < -0.3 is 19.9 Å². The maximum atomic E-state index is 11.8. The number of aromatic nitrogens is 2. The fraction of sp³-hybridized carbons (Fsp3) is 0.400. The zero-order valence-corrected chi connectivity index (χ0v) is 16.4. The topological polar surface area (TPSA) is 87.7 Å². The molecule has 0 unspecified atom stereocenters.